The molecule has 0 saturated carbocycles. The maximum Gasteiger partial charge on any atom is 0.194 e. The van der Waals surface area contributed by atoms with Gasteiger partial charge in [-0.1, -0.05) is 48.0 Å². The van der Waals surface area contributed by atoms with E-state index in [1.807, 2.05) is 0 Å². The van der Waals surface area contributed by atoms with Crippen molar-refractivity contribution in [2.24, 2.45) is 0 Å². The van der Waals surface area contributed by atoms with Crippen LogP contribution in [0.25, 0.3) is 11.1 Å². The van der Waals surface area contributed by atoms with Crippen molar-refractivity contribution in [2.45, 2.75) is 0 Å². The van der Waals surface area contributed by atoms with Gasteiger partial charge in [0.1, 0.15) is 0 Å². The lowest BCUT2D eigenvalue weighted by atomic mass is 9.81. The molecule has 0 spiro atoms. The first-order valence-corrected chi connectivity index (χ1v) is 10.7. The van der Waals surface area contributed by atoms with Crippen LogP contribution in [0.15, 0.2) is 78.9 Å². The molecule has 4 aromatic carbocycles. The highest BCUT2D eigenvalue weighted by Gasteiger charge is 2.31. The van der Waals surface area contributed by atoms with Crippen LogP contribution >= 0.6 is 11.6 Å². The predicted molar refractivity (Wildman–Crippen MR) is 124 cm³/mol. The van der Waals surface area contributed by atoms with Crippen molar-refractivity contribution < 1.29 is 19.2 Å². The van der Waals surface area contributed by atoms with E-state index in [1.54, 1.807) is 72.8 Å². The number of rotatable bonds is 1. The van der Waals surface area contributed by atoms with Crippen molar-refractivity contribution in [3.05, 3.63) is 128 Å². The van der Waals surface area contributed by atoms with Gasteiger partial charge in [0.2, 0.25) is 0 Å². The maximum atomic E-state index is 13.1. The third-order valence-corrected chi connectivity index (χ3v) is 6.47. The lowest BCUT2D eigenvalue weighted by Gasteiger charge is -2.20. The van der Waals surface area contributed by atoms with Gasteiger partial charge >= 0.3 is 0 Å². The first-order valence-electron chi connectivity index (χ1n) is 10.3. The quantitative estimate of drug-likeness (QED) is 0.330. The predicted octanol–water partition coefficient (Wildman–Crippen LogP) is 5.56. The molecule has 0 heterocycles. The number of benzene rings is 4. The molecule has 0 atom stereocenters. The highest BCUT2D eigenvalue weighted by atomic mass is 35.5. The minimum Gasteiger partial charge on any atom is -0.289 e. The Labute approximate surface area is 193 Å². The van der Waals surface area contributed by atoms with E-state index in [0.29, 0.717) is 60.7 Å². The summed E-state index contributed by atoms with van der Waals surface area (Å²) in [6, 6.07) is 21.5. The first kappa shape index (κ1) is 19.5. The van der Waals surface area contributed by atoms with Crippen molar-refractivity contribution in [2.75, 3.05) is 0 Å². The molecule has 156 valence electrons. The molecule has 0 amide bonds. The summed E-state index contributed by atoms with van der Waals surface area (Å²) < 4.78 is 0. The van der Waals surface area contributed by atoms with Crippen LogP contribution in [0.4, 0.5) is 0 Å². The molecule has 4 aromatic rings. The van der Waals surface area contributed by atoms with E-state index in [2.05, 4.69) is 0 Å². The van der Waals surface area contributed by atoms with Crippen molar-refractivity contribution in [1.82, 2.24) is 0 Å². The second kappa shape index (κ2) is 6.92. The molecule has 0 radical (unpaired) electrons. The summed E-state index contributed by atoms with van der Waals surface area (Å²) in [4.78, 5) is 52.0. The standard InChI is InChI=1S/C28H13ClO4/c29-16-7-10-21-24(13-16)28(33)20-9-6-15(12-23(20)27(21)32)14-5-8-19-22(11-14)26(31)18-4-2-1-3-17(18)25(19)30/h1-13H. The Bertz CT molecular complexity index is 1600. The van der Waals surface area contributed by atoms with Crippen LogP contribution in [0, 0.1) is 0 Å². The first-order chi connectivity index (χ1) is 15.9. The fourth-order valence-electron chi connectivity index (χ4n) is 4.58. The van der Waals surface area contributed by atoms with Gasteiger partial charge in [-0.05, 0) is 53.6 Å². The summed E-state index contributed by atoms with van der Waals surface area (Å²) in [5.74, 6) is -0.905. The van der Waals surface area contributed by atoms with Crippen molar-refractivity contribution >= 4 is 34.7 Å². The third kappa shape index (κ3) is 2.78. The fraction of sp³-hybridized carbons (Fsp3) is 0. The summed E-state index contributed by atoms with van der Waals surface area (Å²) in [7, 11) is 0. The Morgan fingerprint density at radius 3 is 1.24 bits per heavy atom. The SMILES string of the molecule is O=C1c2ccccc2C(=O)c2cc(-c3ccc4c(c3)C(=O)c3ccc(Cl)cc3C4=O)ccc21. The zero-order chi connectivity index (χ0) is 22.9. The van der Waals surface area contributed by atoms with Crippen LogP contribution in [0.2, 0.25) is 5.02 Å². The molecule has 4 nitrogen and oxygen atoms in total. The molecule has 0 aliphatic heterocycles. The molecule has 0 bridgehead atoms. The van der Waals surface area contributed by atoms with E-state index in [0.717, 1.165) is 0 Å². The monoisotopic (exact) mass is 448 g/mol. The number of carbonyl (C=O) groups is 4. The van der Waals surface area contributed by atoms with Gasteiger partial charge in [0.25, 0.3) is 0 Å². The third-order valence-electron chi connectivity index (χ3n) is 6.24. The lowest BCUT2D eigenvalue weighted by molar-refractivity contribution is 0.0979. The summed E-state index contributed by atoms with van der Waals surface area (Å²) in [6.45, 7) is 0. The number of carbonyl (C=O) groups excluding carboxylic acids is 4. The molecule has 0 saturated heterocycles. The molecule has 5 heteroatoms. The smallest absolute Gasteiger partial charge is 0.194 e. The molecule has 33 heavy (non-hydrogen) atoms. The van der Waals surface area contributed by atoms with Crippen molar-refractivity contribution in [3.63, 3.8) is 0 Å². The van der Waals surface area contributed by atoms with Crippen LogP contribution in [0.3, 0.4) is 0 Å². The van der Waals surface area contributed by atoms with Crippen molar-refractivity contribution in [3.8, 4) is 11.1 Å². The molecule has 0 fully saturated rings. The van der Waals surface area contributed by atoms with Crippen LogP contribution in [-0.2, 0) is 0 Å². The van der Waals surface area contributed by atoms with Gasteiger partial charge in [0, 0.05) is 49.5 Å². The topological polar surface area (TPSA) is 68.3 Å². The summed E-state index contributed by atoms with van der Waals surface area (Å²) in [5.41, 5.74) is 4.06. The average molecular weight is 449 g/mol. The number of hydrogen-bond donors (Lipinski definition) is 0. The molecule has 2 aliphatic carbocycles. The average Bonchev–Trinajstić information content (AvgIpc) is 2.85. The van der Waals surface area contributed by atoms with Gasteiger partial charge < -0.3 is 0 Å². The molecule has 2 aliphatic rings. The van der Waals surface area contributed by atoms with E-state index < -0.39 is 0 Å². The number of hydrogen-bond acceptors (Lipinski definition) is 4. The van der Waals surface area contributed by atoms with Crippen LogP contribution < -0.4 is 0 Å². The minimum absolute atomic E-state index is 0.187. The largest absolute Gasteiger partial charge is 0.289 e. The summed E-state index contributed by atoms with van der Waals surface area (Å²) >= 11 is 6.02. The zero-order valence-electron chi connectivity index (χ0n) is 17.0. The van der Waals surface area contributed by atoms with Gasteiger partial charge in [-0.15, -0.1) is 0 Å². The van der Waals surface area contributed by atoms with Gasteiger partial charge in [0.15, 0.2) is 23.1 Å². The van der Waals surface area contributed by atoms with E-state index in [-0.39, 0.29) is 23.1 Å². The summed E-state index contributed by atoms with van der Waals surface area (Å²) in [5, 5.41) is 0.393. The van der Waals surface area contributed by atoms with Crippen molar-refractivity contribution in [1.29, 1.82) is 0 Å². The Hall–Kier alpha value is -4.15. The molecular formula is C28H13ClO4. The molecule has 0 aromatic heterocycles. The van der Waals surface area contributed by atoms with E-state index in [1.165, 1.54) is 6.07 Å². The second-order valence-corrected chi connectivity index (χ2v) is 8.51. The van der Waals surface area contributed by atoms with E-state index in [9.17, 15) is 19.2 Å². The Kier molecular flexibility index (Phi) is 4.10. The highest BCUT2D eigenvalue weighted by molar-refractivity contribution is 6.33. The molecule has 0 N–H and O–H groups in total. The molecule has 6 rings (SSSR count). The normalized spacial score (nSPS) is 13.8. The van der Waals surface area contributed by atoms with Gasteiger partial charge in [0.05, 0.1) is 0 Å². The Balaban J connectivity index is 1.46. The molecule has 0 unspecified atom stereocenters. The highest BCUT2D eigenvalue weighted by Crippen LogP contribution is 2.34. The maximum absolute atomic E-state index is 13.1. The Morgan fingerprint density at radius 2 is 0.758 bits per heavy atom. The van der Waals surface area contributed by atoms with Gasteiger partial charge in [-0.25, -0.2) is 0 Å². The van der Waals surface area contributed by atoms with Crippen LogP contribution in [0.5, 0.6) is 0 Å². The van der Waals surface area contributed by atoms with Gasteiger partial charge in [-0.2, -0.15) is 0 Å². The Morgan fingerprint density at radius 1 is 0.394 bits per heavy atom. The van der Waals surface area contributed by atoms with E-state index >= 15 is 0 Å². The summed E-state index contributed by atoms with van der Waals surface area (Å²) in [6.07, 6.45) is 0. The zero-order valence-corrected chi connectivity index (χ0v) is 17.8. The fourth-order valence-corrected chi connectivity index (χ4v) is 4.75. The van der Waals surface area contributed by atoms with Crippen LogP contribution in [-0.4, -0.2) is 23.1 Å². The van der Waals surface area contributed by atoms with E-state index in [4.69, 9.17) is 11.6 Å². The number of halogens is 1. The second-order valence-electron chi connectivity index (χ2n) is 8.07. The number of fused-ring (bicyclic) bond motifs is 4. The molecular weight excluding hydrogens is 436 g/mol. The minimum atomic E-state index is -0.253. The number of ketones is 4. The van der Waals surface area contributed by atoms with Crippen LogP contribution in [0.1, 0.15) is 63.7 Å². The van der Waals surface area contributed by atoms with Gasteiger partial charge in [-0.3, -0.25) is 19.2 Å². The lowest BCUT2D eigenvalue weighted by Crippen LogP contribution is -2.21.